The average Bonchev–Trinajstić information content (AvgIpc) is 3.52. The predicted molar refractivity (Wildman–Crippen MR) is 183 cm³/mol. The molecular weight excluding hydrogens is 612 g/mol. The topological polar surface area (TPSA) is 93.7 Å². The van der Waals surface area contributed by atoms with Gasteiger partial charge in [0, 0.05) is 60.6 Å². The lowest BCUT2D eigenvalue weighted by atomic mass is 9.96. The molecule has 4 heterocycles. The van der Waals surface area contributed by atoms with E-state index in [0.717, 1.165) is 117 Å². The Labute approximate surface area is 281 Å². The van der Waals surface area contributed by atoms with Crippen LogP contribution in [0.1, 0.15) is 75.7 Å². The van der Waals surface area contributed by atoms with Gasteiger partial charge in [-0.1, -0.05) is 36.2 Å². The van der Waals surface area contributed by atoms with E-state index in [1.54, 1.807) is 0 Å². The standard InChI is InChI=1S/C36H43ClN8O2/c1-25-40-41-33-36(14-15-36)39-32(26-8-11-29(37)12-9-26)30-22-27(10-13-31(30)45(25)33)28-23-38-44(24-28)17-7-5-6-16-42-18-20-43(21-19-42)34(46)47-35(2,3)4/h8-13,22-24H,5-7,14-21H2,1-4H3. The zero-order valence-corrected chi connectivity index (χ0v) is 28.5. The molecule has 0 atom stereocenters. The number of carbonyl (C=O) groups is 1. The minimum atomic E-state index is -0.456. The zero-order valence-electron chi connectivity index (χ0n) is 27.7. The fourth-order valence-electron chi connectivity index (χ4n) is 6.56. The van der Waals surface area contributed by atoms with Crippen molar-refractivity contribution in [2.75, 3.05) is 32.7 Å². The molecule has 1 saturated carbocycles. The first-order valence-corrected chi connectivity index (χ1v) is 17.1. The van der Waals surface area contributed by atoms with Gasteiger partial charge in [-0.25, -0.2) is 4.79 Å². The van der Waals surface area contributed by atoms with E-state index in [2.05, 4.69) is 60.9 Å². The molecule has 0 N–H and O–H groups in total. The molecule has 7 rings (SSSR count). The van der Waals surface area contributed by atoms with Gasteiger partial charge in [-0.15, -0.1) is 10.2 Å². The van der Waals surface area contributed by atoms with Crippen molar-refractivity contribution in [3.8, 4) is 16.8 Å². The van der Waals surface area contributed by atoms with E-state index >= 15 is 0 Å². The summed E-state index contributed by atoms with van der Waals surface area (Å²) in [6.07, 6.45) is 9.14. The van der Waals surface area contributed by atoms with E-state index in [-0.39, 0.29) is 11.6 Å². The van der Waals surface area contributed by atoms with E-state index in [1.165, 1.54) is 0 Å². The van der Waals surface area contributed by atoms with Crippen LogP contribution in [0.5, 0.6) is 0 Å². The van der Waals surface area contributed by atoms with Gasteiger partial charge in [0.15, 0.2) is 5.82 Å². The van der Waals surface area contributed by atoms with E-state index < -0.39 is 5.60 Å². The Morgan fingerprint density at radius 3 is 2.36 bits per heavy atom. The van der Waals surface area contributed by atoms with Gasteiger partial charge in [0.1, 0.15) is 17.0 Å². The van der Waals surface area contributed by atoms with Crippen LogP contribution in [0, 0.1) is 6.92 Å². The van der Waals surface area contributed by atoms with Crippen molar-refractivity contribution < 1.29 is 9.53 Å². The second-order valence-electron chi connectivity index (χ2n) is 14.0. The highest BCUT2D eigenvalue weighted by molar-refractivity contribution is 6.30. The first kappa shape index (κ1) is 31.6. The van der Waals surface area contributed by atoms with Crippen LogP contribution in [0.3, 0.4) is 0 Å². The molecule has 0 unspecified atom stereocenters. The molecule has 4 aromatic rings. The summed E-state index contributed by atoms with van der Waals surface area (Å²) >= 11 is 6.27. The van der Waals surface area contributed by atoms with Crippen LogP contribution in [0.2, 0.25) is 5.02 Å². The molecule has 47 heavy (non-hydrogen) atoms. The number of amides is 1. The quantitative estimate of drug-likeness (QED) is 0.197. The Morgan fingerprint density at radius 1 is 0.915 bits per heavy atom. The number of rotatable bonds is 8. The molecule has 1 saturated heterocycles. The van der Waals surface area contributed by atoms with Gasteiger partial charge in [0.2, 0.25) is 0 Å². The van der Waals surface area contributed by atoms with Crippen molar-refractivity contribution in [2.45, 2.75) is 77.5 Å². The zero-order chi connectivity index (χ0) is 32.8. The molecule has 2 aromatic heterocycles. The maximum atomic E-state index is 12.3. The summed E-state index contributed by atoms with van der Waals surface area (Å²) in [7, 11) is 0. The van der Waals surface area contributed by atoms with Crippen LogP contribution >= 0.6 is 11.6 Å². The molecule has 0 bridgehead atoms. The van der Waals surface area contributed by atoms with Gasteiger partial charge >= 0.3 is 6.09 Å². The Morgan fingerprint density at radius 2 is 1.64 bits per heavy atom. The third-order valence-electron chi connectivity index (χ3n) is 9.25. The van der Waals surface area contributed by atoms with Crippen LogP contribution in [-0.4, -0.2) is 84.5 Å². The molecule has 1 aliphatic carbocycles. The monoisotopic (exact) mass is 654 g/mol. The highest BCUT2D eigenvalue weighted by Gasteiger charge is 2.51. The molecule has 10 nitrogen and oxygen atoms in total. The second-order valence-corrected chi connectivity index (χ2v) is 14.4. The summed E-state index contributed by atoms with van der Waals surface area (Å²) < 4.78 is 9.76. The Hall–Kier alpha value is -4.02. The summed E-state index contributed by atoms with van der Waals surface area (Å²) in [5.74, 6) is 1.78. The van der Waals surface area contributed by atoms with Crippen molar-refractivity contribution >= 4 is 23.4 Å². The van der Waals surface area contributed by atoms with E-state index in [1.807, 2.05) is 50.9 Å². The van der Waals surface area contributed by atoms with Gasteiger partial charge in [0.05, 0.1) is 17.6 Å². The molecule has 3 aliphatic rings. The second kappa shape index (κ2) is 12.5. The van der Waals surface area contributed by atoms with Crippen molar-refractivity contribution in [1.82, 2.24) is 34.3 Å². The SMILES string of the molecule is Cc1nnc2n1-c1ccc(-c3cnn(CCCCCN4CCN(C(=O)OC(C)(C)C)CC4)c3)cc1C(c1ccc(Cl)cc1)=NC21CC1. The summed E-state index contributed by atoms with van der Waals surface area (Å²) in [5, 5.41) is 14.5. The lowest BCUT2D eigenvalue weighted by Crippen LogP contribution is -2.50. The van der Waals surface area contributed by atoms with Crippen LogP contribution in [0.25, 0.3) is 16.8 Å². The Bertz CT molecular complexity index is 1790. The number of hydrogen-bond acceptors (Lipinski definition) is 7. The lowest BCUT2D eigenvalue weighted by Gasteiger charge is -2.35. The van der Waals surface area contributed by atoms with Gasteiger partial charge in [-0.05, 0) is 89.8 Å². The highest BCUT2D eigenvalue weighted by Crippen LogP contribution is 2.51. The number of aromatic nitrogens is 5. The van der Waals surface area contributed by atoms with Crippen molar-refractivity contribution in [1.29, 1.82) is 0 Å². The molecular formula is C36H43ClN8O2. The normalized spacial score (nSPS) is 17.2. The number of nitrogens with zero attached hydrogens (tertiary/aromatic N) is 8. The number of piperazine rings is 1. The summed E-state index contributed by atoms with van der Waals surface area (Å²) in [4.78, 5) is 22.0. The third-order valence-corrected chi connectivity index (χ3v) is 9.50. The van der Waals surface area contributed by atoms with Gasteiger partial charge < -0.3 is 9.64 Å². The van der Waals surface area contributed by atoms with Gasteiger partial charge in [0.25, 0.3) is 0 Å². The van der Waals surface area contributed by atoms with Crippen LogP contribution in [-0.2, 0) is 16.8 Å². The van der Waals surface area contributed by atoms with Crippen LogP contribution in [0.4, 0.5) is 4.79 Å². The predicted octanol–water partition coefficient (Wildman–Crippen LogP) is 6.66. The van der Waals surface area contributed by atoms with Crippen molar-refractivity contribution in [2.24, 2.45) is 4.99 Å². The largest absolute Gasteiger partial charge is 0.444 e. The highest BCUT2D eigenvalue weighted by atomic mass is 35.5. The summed E-state index contributed by atoms with van der Waals surface area (Å²) in [6.45, 7) is 12.9. The first-order chi connectivity index (χ1) is 22.6. The van der Waals surface area contributed by atoms with E-state index in [4.69, 9.17) is 26.4 Å². The van der Waals surface area contributed by atoms with Crippen molar-refractivity contribution in [3.05, 3.63) is 82.7 Å². The smallest absolute Gasteiger partial charge is 0.410 e. The van der Waals surface area contributed by atoms with Crippen molar-refractivity contribution in [3.63, 3.8) is 0 Å². The molecule has 2 aromatic carbocycles. The average molecular weight is 655 g/mol. The molecule has 2 aliphatic heterocycles. The Balaban J connectivity index is 0.995. The van der Waals surface area contributed by atoms with Crippen LogP contribution in [0.15, 0.2) is 59.9 Å². The molecule has 246 valence electrons. The number of fused-ring (bicyclic) bond motifs is 4. The number of ether oxygens (including phenoxy) is 1. The number of halogens is 1. The number of hydrogen-bond donors (Lipinski definition) is 0. The maximum Gasteiger partial charge on any atom is 0.410 e. The first-order valence-electron chi connectivity index (χ1n) is 16.7. The maximum absolute atomic E-state index is 12.3. The van der Waals surface area contributed by atoms with Crippen LogP contribution < -0.4 is 0 Å². The minimum absolute atomic E-state index is 0.205. The Kier molecular flexibility index (Phi) is 8.42. The molecule has 0 radical (unpaired) electrons. The number of carbonyl (C=O) groups excluding carboxylic acids is 1. The number of benzene rings is 2. The van der Waals surface area contributed by atoms with Gasteiger partial charge in [-0.2, -0.15) is 5.10 Å². The van der Waals surface area contributed by atoms with Gasteiger partial charge in [-0.3, -0.25) is 19.1 Å². The minimum Gasteiger partial charge on any atom is -0.444 e. The molecule has 2 fully saturated rings. The third kappa shape index (κ3) is 6.71. The number of aryl methyl sites for hydroxylation is 2. The number of aliphatic imine (C=N–C) groups is 1. The fraction of sp³-hybridized carbons (Fsp3) is 0.472. The molecule has 1 spiro atoms. The summed E-state index contributed by atoms with van der Waals surface area (Å²) in [6, 6.07) is 14.5. The molecule has 1 amide bonds. The summed E-state index contributed by atoms with van der Waals surface area (Å²) in [5.41, 5.74) is 5.48. The molecule has 11 heteroatoms. The van der Waals surface area contributed by atoms with E-state index in [9.17, 15) is 4.79 Å². The number of unbranched alkanes of at least 4 members (excludes halogenated alkanes) is 2. The van der Waals surface area contributed by atoms with E-state index in [0.29, 0.717) is 5.02 Å². The fourth-order valence-corrected chi connectivity index (χ4v) is 6.69. The lowest BCUT2D eigenvalue weighted by molar-refractivity contribution is 0.0144.